The highest BCUT2D eigenvalue weighted by atomic mass is 32.2. The number of ether oxygens (including phenoxy) is 2. The number of thiophene rings is 1. The first-order valence-corrected chi connectivity index (χ1v) is 8.10. The lowest BCUT2D eigenvalue weighted by Gasteiger charge is -2.15. The predicted octanol–water partition coefficient (Wildman–Crippen LogP) is 0.481. The molecule has 2 heterocycles. The van der Waals surface area contributed by atoms with E-state index < -0.39 is 16.0 Å². The summed E-state index contributed by atoms with van der Waals surface area (Å²) in [5.41, 5.74) is 0. The van der Waals surface area contributed by atoms with Gasteiger partial charge in [0.25, 0.3) is 0 Å². The Morgan fingerprint density at radius 1 is 1.35 bits per heavy atom. The molecule has 7 nitrogen and oxygen atoms in total. The lowest BCUT2D eigenvalue weighted by molar-refractivity contribution is -0.00461. The van der Waals surface area contributed by atoms with Crippen molar-refractivity contribution in [3.63, 3.8) is 0 Å². The van der Waals surface area contributed by atoms with Gasteiger partial charge in [0.15, 0.2) is 0 Å². The molecule has 9 heteroatoms. The van der Waals surface area contributed by atoms with Gasteiger partial charge < -0.3 is 14.6 Å². The summed E-state index contributed by atoms with van der Waals surface area (Å²) in [5, 5.41) is 10.5. The van der Waals surface area contributed by atoms with Crippen molar-refractivity contribution in [3.05, 3.63) is 16.3 Å². The molecule has 0 amide bonds. The van der Waals surface area contributed by atoms with E-state index in [1.807, 2.05) is 0 Å². The maximum Gasteiger partial charge on any atom is 0.347 e. The largest absolute Gasteiger partial charge is 0.477 e. The van der Waals surface area contributed by atoms with Gasteiger partial charge in [0.2, 0.25) is 10.0 Å². The molecule has 2 unspecified atom stereocenters. The van der Waals surface area contributed by atoms with Crippen LogP contribution >= 0.6 is 11.3 Å². The second-order valence-electron chi connectivity index (χ2n) is 4.29. The van der Waals surface area contributed by atoms with E-state index in [0.29, 0.717) is 0 Å². The molecule has 20 heavy (non-hydrogen) atoms. The van der Waals surface area contributed by atoms with Crippen molar-refractivity contribution >= 4 is 27.3 Å². The Morgan fingerprint density at radius 2 is 1.90 bits per heavy atom. The molecule has 2 atom stereocenters. The molecule has 1 fully saturated rings. The Kier molecular flexibility index (Phi) is 4.45. The molecule has 1 aliphatic rings. The lowest BCUT2D eigenvalue weighted by Crippen LogP contribution is -2.30. The smallest absolute Gasteiger partial charge is 0.347 e. The number of carboxylic acid groups (broad SMARTS) is 1. The number of hydrogen-bond acceptors (Lipinski definition) is 6. The van der Waals surface area contributed by atoms with E-state index in [0.717, 1.165) is 11.3 Å². The maximum absolute atomic E-state index is 12.5. The normalized spacial score (nSPS) is 24.1. The third kappa shape index (κ3) is 2.59. The van der Waals surface area contributed by atoms with Crippen LogP contribution in [0.4, 0.5) is 0 Å². The fourth-order valence-electron chi connectivity index (χ4n) is 2.16. The van der Waals surface area contributed by atoms with Crippen molar-refractivity contribution in [2.45, 2.75) is 17.1 Å². The van der Waals surface area contributed by atoms with Crippen molar-refractivity contribution in [3.8, 4) is 0 Å². The van der Waals surface area contributed by atoms with Crippen molar-refractivity contribution < 1.29 is 27.8 Å². The van der Waals surface area contributed by atoms with Gasteiger partial charge in [0.1, 0.15) is 9.77 Å². The number of carboxylic acids is 1. The fourth-order valence-corrected chi connectivity index (χ4v) is 4.85. The quantitative estimate of drug-likeness (QED) is 0.848. The second-order valence-corrected chi connectivity index (χ2v) is 7.11. The number of nitrogens with zero attached hydrogens (tertiary/aromatic N) is 1. The van der Waals surface area contributed by atoms with E-state index >= 15 is 0 Å². The summed E-state index contributed by atoms with van der Waals surface area (Å²) in [6, 6.07) is 1.31. The summed E-state index contributed by atoms with van der Waals surface area (Å²) in [7, 11) is -0.882. The van der Waals surface area contributed by atoms with Crippen LogP contribution in [0.5, 0.6) is 0 Å². The molecule has 0 spiro atoms. The Morgan fingerprint density at radius 3 is 2.35 bits per heavy atom. The van der Waals surface area contributed by atoms with Crippen LogP contribution in [0.3, 0.4) is 0 Å². The van der Waals surface area contributed by atoms with E-state index in [1.165, 1.54) is 30.0 Å². The highest BCUT2D eigenvalue weighted by Gasteiger charge is 2.41. The molecule has 1 aliphatic heterocycles. The van der Waals surface area contributed by atoms with Gasteiger partial charge in [-0.05, 0) is 11.4 Å². The van der Waals surface area contributed by atoms with E-state index in [2.05, 4.69) is 0 Å². The summed E-state index contributed by atoms with van der Waals surface area (Å²) in [4.78, 5) is 10.7. The zero-order chi connectivity index (χ0) is 14.9. The highest BCUT2D eigenvalue weighted by Crippen LogP contribution is 2.28. The van der Waals surface area contributed by atoms with Gasteiger partial charge >= 0.3 is 5.97 Å². The number of carbonyl (C=O) groups is 1. The van der Waals surface area contributed by atoms with E-state index in [-0.39, 0.29) is 35.1 Å². The Hall–Kier alpha value is -1.00. The molecule has 112 valence electrons. The summed E-state index contributed by atoms with van der Waals surface area (Å²) < 4.78 is 36.6. The standard InChI is InChI=1S/C11H15NO6S2/c1-17-7-5-12(6-8(7)18-2)20(15,16)9-3-4-19-10(9)11(13)14/h3-4,7-8H,5-6H2,1-2H3,(H,13,14). The molecule has 0 aliphatic carbocycles. The third-order valence-electron chi connectivity index (χ3n) is 3.23. The molecule has 0 radical (unpaired) electrons. The summed E-state index contributed by atoms with van der Waals surface area (Å²) in [6.07, 6.45) is -0.719. The van der Waals surface area contributed by atoms with Crippen LogP contribution in [0.2, 0.25) is 0 Å². The minimum absolute atomic E-state index is 0.145. The monoisotopic (exact) mass is 321 g/mol. The first-order chi connectivity index (χ1) is 9.41. The summed E-state index contributed by atoms with van der Waals surface area (Å²) in [6.45, 7) is 0.290. The minimum atomic E-state index is -3.85. The van der Waals surface area contributed by atoms with Gasteiger partial charge in [-0.25, -0.2) is 13.2 Å². The number of hydrogen-bond donors (Lipinski definition) is 1. The minimum Gasteiger partial charge on any atom is -0.477 e. The molecule has 1 aromatic heterocycles. The van der Waals surface area contributed by atoms with Gasteiger partial charge in [-0.15, -0.1) is 11.3 Å². The highest BCUT2D eigenvalue weighted by molar-refractivity contribution is 7.89. The molecular weight excluding hydrogens is 306 g/mol. The van der Waals surface area contributed by atoms with Crippen molar-refractivity contribution in [2.24, 2.45) is 0 Å². The van der Waals surface area contributed by atoms with Crippen molar-refractivity contribution in [1.29, 1.82) is 0 Å². The van der Waals surface area contributed by atoms with Gasteiger partial charge in [-0.3, -0.25) is 0 Å². The molecule has 1 saturated heterocycles. The number of aromatic carboxylic acids is 1. The first-order valence-electron chi connectivity index (χ1n) is 5.78. The van der Waals surface area contributed by atoms with Gasteiger partial charge in [-0.1, -0.05) is 0 Å². The average Bonchev–Trinajstić information content (AvgIpc) is 3.05. The first kappa shape index (κ1) is 15.4. The van der Waals surface area contributed by atoms with Crippen LogP contribution in [-0.2, 0) is 19.5 Å². The van der Waals surface area contributed by atoms with Gasteiger partial charge in [-0.2, -0.15) is 4.31 Å². The maximum atomic E-state index is 12.5. The predicted molar refractivity (Wildman–Crippen MR) is 71.6 cm³/mol. The topological polar surface area (TPSA) is 93.1 Å². The van der Waals surface area contributed by atoms with E-state index in [4.69, 9.17) is 14.6 Å². The Balaban J connectivity index is 2.32. The molecular formula is C11H15NO6S2. The molecule has 1 N–H and O–H groups in total. The molecule has 0 bridgehead atoms. The van der Waals surface area contributed by atoms with Crippen LogP contribution in [0.1, 0.15) is 9.67 Å². The van der Waals surface area contributed by atoms with E-state index in [1.54, 1.807) is 0 Å². The van der Waals surface area contributed by atoms with Crippen molar-refractivity contribution in [1.82, 2.24) is 4.31 Å². The molecule has 2 rings (SSSR count). The second kappa shape index (κ2) is 5.78. The Labute approximate surface area is 120 Å². The van der Waals surface area contributed by atoms with Crippen molar-refractivity contribution in [2.75, 3.05) is 27.3 Å². The van der Waals surface area contributed by atoms with E-state index in [9.17, 15) is 13.2 Å². The van der Waals surface area contributed by atoms with Crippen LogP contribution in [0, 0.1) is 0 Å². The third-order valence-corrected chi connectivity index (χ3v) is 6.13. The SMILES string of the molecule is COC1CN(S(=O)(=O)c2ccsc2C(=O)O)CC1OC. The van der Waals surface area contributed by atoms with Crippen LogP contribution < -0.4 is 0 Å². The number of rotatable bonds is 5. The fraction of sp³-hybridized carbons (Fsp3) is 0.545. The zero-order valence-electron chi connectivity index (χ0n) is 11.0. The number of methoxy groups -OCH3 is 2. The van der Waals surface area contributed by atoms with Gasteiger partial charge in [0.05, 0.1) is 12.2 Å². The zero-order valence-corrected chi connectivity index (χ0v) is 12.6. The molecule has 0 aromatic carbocycles. The Bertz CT molecular complexity index is 584. The summed E-state index contributed by atoms with van der Waals surface area (Å²) >= 11 is 0.889. The molecule has 1 aromatic rings. The van der Waals surface area contributed by atoms with Crippen LogP contribution in [0.25, 0.3) is 0 Å². The average molecular weight is 321 g/mol. The lowest BCUT2D eigenvalue weighted by atomic mass is 10.3. The van der Waals surface area contributed by atoms with Crippen LogP contribution in [0.15, 0.2) is 16.3 Å². The number of sulfonamides is 1. The molecule has 0 saturated carbocycles. The summed E-state index contributed by atoms with van der Waals surface area (Å²) in [5.74, 6) is -1.25. The van der Waals surface area contributed by atoms with Gasteiger partial charge in [0, 0.05) is 27.3 Å². The van der Waals surface area contributed by atoms with Crippen LogP contribution in [-0.4, -0.2) is 63.3 Å².